The molecule has 3 aromatic heterocycles. The molecule has 0 saturated heterocycles. The van der Waals surface area contributed by atoms with Crippen molar-refractivity contribution in [3.05, 3.63) is 206 Å². The Bertz CT molecular complexity index is 3510. The summed E-state index contributed by atoms with van der Waals surface area (Å²) in [6, 6.07) is 72.2. The maximum Gasteiger partial charge on any atom is 0.164 e. The molecule has 12 rings (SSSR count). The summed E-state index contributed by atoms with van der Waals surface area (Å²) in [6.45, 7) is 0. The van der Waals surface area contributed by atoms with E-state index < -0.39 is 0 Å². The third kappa shape index (κ3) is 5.67. The Labute approximate surface area is 345 Å². The zero-order chi connectivity index (χ0) is 39.6. The van der Waals surface area contributed by atoms with Gasteiger partial charge in [-0.2, -0.15) is 0 Å². The highest BCUT2D eigenvalue weighted by Gasteiger charge is 2.17. The number of aromatic nitrogens is 4. The molecule has 0 amide bonds. The second-order valence-corrected chi connectivity index (χ2v) is 15.2. The van der Waals surface area contributed by atoms with Crippen LogP contribution in [0.5, 0.6) is 0 Å². The monoisotopic (exact) mass is 766 g/mol. The van der Waals surface area contributed by atoms with Gasteiger partial charge in [-0.05, 0) is 81.6 Å². The molecule has 0 radical (unpaired) electrons. The lowest BCUT2D eigenvalue weighted by molar-refractivity contribution is 0.669. The van der Waals surface area contributed by atoms with Gasteiger partial charge in [0, 0.05) is 43.9 Å². The summed E-state index contributed by atoms with van der Waals surface area (Å²) in [6.07, 6.45) is 0. The number of furan rings is 1. The van der Waals surface area contributed by atoms with Crippen molar-refractivity contribution in [2.24, 2.45) is 0 Å². The van der Waals surface area contributed by atoms with Gasteiger partial charge in [-0.15, -0.1) is 0 Å². The van der Waals surface area contributed by atoms with E-state index in [-0.39, 0.29) is 0 Å². The maximum atomic E-state index is 6.56. The normalized spacial score (nSPS) is 11.7. The fourth-order valence-electron chi connectivity index (χ4n) is 8.72. The lowest BCUT2D eigenvalue weighted by atomic mass is 9.97. The van der Waals surface area contributed by atoms with Gasteiger partial charge < -0.3 is 8.98 Å². The molecule has 0 fully saturated rings. The number of benzene rings is 9. The Morgan fingerprint density at radius 2 is 0.900 bits per heavy atom. The topological polar surface area (TPSA) is 56.7 Å². The van der Waals surface area contributed by atoms with Gasteiger partial charge in [0.1, 0.15) is 11.2 Å². The van der Waals surface area contributed by atoms with E-state index in [1.807, 2.05) is 60.7 Å². The van der Waals surface area contributed by atoms with Crippen LogP contribution in [0.25, 0.3) is 117 Å². The molecule has 0 spiro atoms. The van der Waals surface area contributed by atoms with Gasteiger partial charge in [0.2, 0.25) is 0 Å². The Morgan fingerprint density at radius 1 is 0.333 bits per heavy atom. The largest absolute Gasteiger partial charge is 0.456 e. The van der Waals surface area contributed by atoms with Crippen LogP contribution in [0.2, 0.25) is 0 Å². The van der Waals surface area contributed by atoms with Crippen molar-refractivity contribution >= 4 is 54.5 Å². The lowest BCUT2D eigenvalue weighted by Gasteiger charge is -2.10. The summed E-state index contributed by atoms with van der Waals surface area (Å²) in [5, 5.41) is 7.18. The summed E-state index contributed by atoms with van der Waals surface area (Å²) in [4.78, 5) is 14.7. The van der Waals surface area contributed by atoms with Crippen LogP contribution in [0.1, 0.15) is 0 Å². The fraction of sp³-hybridized carbons (Fsp3) is 0. The van der Waals surface area contributed by atoms with Gasteiger partial charge in [0.15, 0.2) is 17.5 Å². The molecule has 0 aliphatic carbocycles. The standard InChI is InChI=1S/C55H34N4O/c1-3-12-37(13-4-1)53-56-54(38-14-5-2-6-15-38)58-55(57-53)39-24-22-36(23-25-39)44-19-11-21-50-52(44)46-31-28-42(34-51(46)60-50)35-26-29-43(30-27-35)59-48-20-10-9-18-45(48)47-32-40-16-7-8-17-41(40)33-49(47)59/h1-34H. The smallest absolute Gasteiger partial charge is 0.164 e. The first-order valence-electron chi connectivity index (χ1n) is 20.2. The van der Waals surface area contributed by atoms with Gasteiger partial charge in [-0.1, -0.05) is 158 Å². The Morgan fingerprint density at radius 3 is 1.60 bits per heavy atom. The Balaban J connectivity index is 0.888. The quantitative estimate of drug-likeness (QED) is 0.169. The summed E-state index contributed by atoms with van der Waals surface area (Å²) < 4.78 is 8.94. The van der Waals surface area contributed by atoms with E-state index in [9.17, 15) is 0 Å². The van der Waals surface area contributed by atoms with E-state index >= 15 is 0 Å². The minimum atomic E-state index is 0.630. The predicted octanol–water partition coefficient (Wildman–Crippen LogP) is 14.4. The fourth-order valence-corrected chi connectivity index (χ4v) is 8.72. The van der Waals surface area contributed by atoms with Crippen molar-refractivity contribution in [3.63, 3.8) is 0 Å². The number of hydrogen-bond acceptors (Lipinski definition) is 4. The highest BCUT2D eigenvalue weighted by Crippen LogP contribution is 2.40. The van der Waals surface area contributed by atoms with Gasteiger partial charge in [0.25, 0.3) is 0 Å². The van der Waals surface area contributed by atoms with Gasteiger partial charge >= 0.3 is 0 Å². The Kier molecular flexibility index (Phi) is 7.78. The van der Waals surface area contributed by atoms with Crippen molar-refractivity contribution in [1.82, 2.24) is 19.5 Å². The molecular weight excluding hydrogens is 733 g/mol. The van der Waals surface area contributed by atoms with E-state index in [1.165, 1.54) is 32.6 Å². The zero-order valence-corrected chi connectivity index (χ0v) is 32.3. The molecule has 5 heteroatoms. The summed E-state index contributed by atoms with van der Waals surface area (Å²) in [5.41, 5.74) is 12.5. The second-order valence-electron chi connectivity index (χ2n) is 15.2. The molecule has 280 valence electrons. The van der Waals surface area contributed by atoms with Gasteiger partial charge in [0.05, 0.1) is 11.0 Å². The first-order chi connectivity index (χ1) is 29.7. The maximum absolute atomic E-state index is 6.56. The van der Waals surface area contributed by atoms with E-state index in [4.69, 9.17) is 19.4 Å². The van der Waals surface area contributed by atoms with Crippen molar-refractivity contribution in [2.45, 2.75) is 0 Å². The highest BCUT2D eigenvalue weighted by molar-refractivity contribution is 6.14. The van der Waals surface area contributed by atoms with Crippen LogP contribution in [-0.4, -0.2) is 19.5 Å². The van der Waals surface area contributed by atoms with Gasteiger partial charge in [-0.25, -0.2) is 15.0 Å². The Hall–Kier alpha value is -8.15. The van der Waals surface area contributed by atoms with Crippen LogP contribution in [0, 0.1) is 0 Å². The summed E-state index contributed by atoms with van der Waals surface area (Å²) in [7, 11) is 0. The summed E-state index contributed by atoms with van der Waals surface area (Å²) in [5.74, 6) is 1.92. The van der Waals surface area contributed by atoms with Crippen molar-refractivity contribution in [1.29, 1.82) is 0 Å². The molecule has 0 saturated carbocycles. The number of hydrogen-bond donors (Lipinski definition) is 0. The number of fused-ring (bicyclic) bond motifs is 7. The minimum absolute atomic E-state index is 0.630. The first-order valence-corrected chi connectivity index (χ1v) is 20.2. The van der Waals surface area contributed by atoms with Crippen molar-refractivity contribution in [2.75, 3.05) is 0 Å². The summed E-state index contributed by atoms with van der Waals surface area (Å²) >= 11 is 0. The number of para-hydroxylation sites is 1. The van der Waals surface area contributed by atoms with Crippen LogP contribution < -0.4 is 0 Å². The average molecular weight is 767 g/mol. The molecule has 60 heavy (non-hydrogen) atoms. The number of nitrogens with zero attached hydrogens (tertiary/aromatic N) is 4. The van der Waals surface area contributed by atoms with Gasteiger partial charge in [-0.3, -0.25) is 0 Å². The molecule has 0 aliphatic rings. The van der Waals surface area contributed by atoms with E-state index in [2.05, 4.69) is 150 Å². The molecule has 0 aliphatic heterocycles. The second kappa shape index (κ2) is 13.8. The van der Waals surface area contributed by atoms with Crippen LogP contribution in [0.15, 0.2) is 211 Å². The third-order valence-corrected chi connectivity index (χ3v) is 11.6. The van der Waals surface area contributed by atoms with E-state index in [1.54, 1.807) is 0 Å². The predicted molar refractivity (Wildman–Crippen MR) is 246 cm³/mol. The van der Waals surface area contributed by atoms with Crippen molar-refractivity contribution in [3.8, 4) is 62.1 Å². The molecule has 9 aromatic carbocycles. The molecule has 5 nitrogen and oxygen atoms in total. The number of rotatable bonds is 6. The first kappa shape index (κ1) is 33.9. The van der Waals surface area contributed by atoms with Crippen LogP contribution in [-0.2, 0) is 0 Å². The average Bonchev–Trinajstić information content (AvgIpc) is 3.86. The zero-order valence-electron chi connectivity index (χ0n) is 32.3. The molecule has 3 heterocycles. The molecule has 0 atom stereocenters. The van der Waals surface area contributed by atoms with Crippen LogP contribution in [0.4, 0.5) is 0 Å². The minimum Gasteiger partial charge on any atom is -0.456 e. The molecule has 0 unspecified atom stereocenters. The molecule has 0 N–H and O–H groups in total. The highest BCUT2D eigenvalue weighted by atomic mass is 16.3. The SMILES string of the molecule is c1ccc(-c2nc(-c3ccccc3)nc(-c3ccc(-c4cccc5oc6cc(-c7ccc(-n8c9ccccc9c9cc%10ccccc%10cc98)cc7)ccc6c45)cc3)n2)cc1. The molecular formula is C55H34N4O. The lowest BCUT2D eigenvalue weighted by Crippen LogP contribution is -2.00. The van der Waals surface area contributed by atoms with E-state index in [0.717, 1.165) is 66.6 Å². The van der Waals surface area contributed by atoms with E-state index in [0.29, 0.717) is 17.5 Å². The molecule has 12 aromatic rings. The van der Waals surface area contributed by atoms with Crippen LogP contribution >= 0.6 is 0 Å². The molecule has 0 bridgehead atoms. The van der Waals surface area contributed by atoms with Crippen LogP contribution in [0.3, 0.4) is 0 Å². The van der Waals surface area contributed by atoms with Crippen molar-refractivity contribution < 1.29 is 4.42 Å². The third-order valence-electron chi connectivity index (χ3n) is 11.6.